The fraction of sp³-hybridized carbons (Fsp3) is 0.391. The van der Waals surface area contributed by atoms with Gasteiger partial charge in [0.2, 0.25) is 0 Å². The van der Waals surface area contributed by atoms with Crippen LogP contribution in [0.25, 0.3) is 0 Å². The number of hydrogen-bond donors (Lipinski definition) is 2. The molecule has 0 aliphatic carbocycles. The first-order valence-corrected chi connectivity index (χ1v) is 10.6. The molecule has 1 saturated heterocycles. The fourth-order valence-corrected chi connectivity index (χ4v) is 3.45. The number of carbonyl (C=O) groups is 2. The van der Waals surface area contributed by atoms with E-state index in [1.165, 1.54) is 12.1 Å². The van der Waals surface area contributed by atoms with E-state index in [0.717, 1.165) is 43.8 Å². The second-order valence-electron chi connectivity index (χ2n) is 7.56. The lowest BCUT2D eigenvalue weighted by Crippen LogP contribution is -2.39. The molecule has 2 aromatic rings. The Balaban J connectivity index is 1.32. The molecule has 0 radical (unpaired) electrons. The topological polar surface area (TPSA) is 79.9 Å². The lowest BCUT2D eigenvalue weighted by Gasteiger charge is -2.33. The highest BCUT2D eigenvalue weighted by Crippen LogP contribution is 2.24. The van der Waals surface area contributed by atoms with Gasteiger partial charge in [0.15, 0.2) is 0 Å². The third-order valence-corrected chi connectivity index (χ3v) is 5.06. The van der Waals surface area contributed by atoms with E-state index in [-0.39, 0.29) is 11.8 Å². The van der Waals surface area contributed by atoms with Crippen molar-refractivity contribution >= 4 is 17.5 Å². The molecule has 2 N–H and O–H groups in total. The van der Waals surface area contributed by atoms with Crippen molar-refractivity contribution in [3.63, 3.8) is 0 Å². The first-order chi connectivity index (χ1) is 15.8. The Bertz CT molecular complexity index is 907. The minimum absolute atomic E-state index is 0.0532. The summed E-state index contributed by atoms with van der Waals surface area (Å²) in [6.45, 7) is 3.54. The highest BCUT2D eigenvalue weighted by Gasteiger charge is 2.31. The molecule has 178 valence electrons. The third kappa shape index (κ3) is 8.39. The van der Waals surface area contributed by atoms with Crippen LogP contribution in [0, 0.1) is 0 Å². The lowest BCUT2D eigenvalue weighted by molar-refractivity contribution is -0.274. The van der Waals surface area contributed by atoms with Crippen LogP contribution in [-0.2, 0) is 14.3 Å². The number of halogens is 3. The normalized spacial score (nSPS) is 16.8. The molecule has 2 aromatic carbocycles. The van der Waals surface area contributed by atoms with Gasteiger partial charge in [-0.3, -0.25) is 14.5 Å². The number of amides is 2. The van der Waals surface area contributed by atoms with Crippen molar-refractivity contribution in [2.45, 2.75) is 25.3 Å². The Kier molecular flexibility index (Phi) is 8.67. The Morgan fingerprint density at radius 3 is 2.45 bits per heavy atom. The molecule has 1 aliphatic heterocycles. The van der Waals surface area contributed by atoms with Crippen LogP contribution in [0.15, 0.2) is 54.6 Å². The molecule has 1 atom stereocenters. The number of benzene rings is 2. The Hall–Kier alpha value is -3.11. The van der Waals surface area contributed by atoms with E-state index < -0.39 is 23.9 Å². The molecule has 7 nitrogen and oxygen atoms in total. The van der Waals surface area contributed by atoms with Crippen molar-refractivity contribution in [2.75, 3.05) is 38.1 Å². The minimum atomic E-state index is -4.80. The number of rotatable bonds is 8. The molecule has 3 rings (SSSR count). The van der Waals surface area contributed by atoms with Gasteiger partial charge in [0, 0.05) is 25.3 Å². The molecule has 0 aromatic heterocycles. The summed E-state index contributed by atoms with van der Waals surface area (Å²) in [6.07, 6.45) is -3.19. The summed E-state index contributed by atoms with van der Waals surface area (Å²) < 4.78 is 46.1. The molecule has 0 spiro atoms. The Morgan fingerprint density at radius 2 is 1.76 bits per heavy atom. The number of unbranched alkanes of at least 4 members (excludes halogenated alkanes) is 1. The molecule has 0 saturated carbocycles. The molecule has 33 heavy (non-hydrogen) atoms. The van der Waals surface area contributed by atoms with E-state index in [4.69, 9.17) is 4.74 Å². The van der Waals surface area contributed by atoms with E-state index in [2.05, 4.69) is 32.4 Å². The summed E-state index contributed by atoms with van der Waals surface area (Å²) >= 11 is 0. The van der Waals surface area contributed by atoms with Crippen molar-refractivity contribution in [1.29, 1.82) is 0 Å². The van der Waals surface area contributed by atoms with Crippen molar-refractivity contribution in [2.24, 2.45) is 0 Å². The van der Waals surface area contributed by atoms with Gasteiger partial charge in [-0.05, 0) is 49.2 Å². The molecular formula is C23H26F3N3O4. The molecule has 1 aliphatic rings. The number of nitrogens with one attached hydrogen (secondary N) is 2. The van der Waals surface area contributed by atoms with Gasteiger partial charge in [-0.25, -0.2) is 0 Å². The summed E-state index contributed by atoms with van der Waals surface area (Å²) in [4.78, 5) is 26.2. The van der Waals surface area contributed by atoms with E-state index in [9.17, 15) is 22.8 Å². The van der Waals surface area contributed by atoms with Crippen molar-refractivity contribution in [1.82, 2.24) is 10.2 Å². The van der Waals surface area contributed by atoms with Gasteiger partial charge in [0.1, 0.15) is 5.75 Å². The average molecular weight is 465 g/mol. The first kappa shape index (κ1) is 24.5. The summed E-state index contributed by atoms with van der Waals surface area (Å²) in [5.41, 5.74) is 1.34. The van der Waals surface area contributed by atoms with Crippen LogP contribution >= 0.6 is 0 Å². The standard InChI is InChI=1S/C23H26F3N3O4/c24-23(25,26)33-19-10-8-18(9-11-19)28-22(31)21(30)27-12-4-5-13-29-14-15-32-20(16-29)17-6-2-1-3-7-17/h1-3,6-11,20H,4-5,12-16H2,(H,27,30)(H,28,31). The van der Waals surface area contributed by atoms with Crippen molar-refractivity contribution < 1.29 is 32.2 Å². The largest absolute Gasteiger partial charge is 0.573 e. The maximum Gasteiger partial charge on any atom is 0.573 e. The predicted molar refractivity (Wildman–Crippen MR) is 116 cm³/mol. The lowest BCUT2D eigenvalue weighted by atomic mass is 10.1. The van der Waals surface area contributed by atoms with Gasteiger partial charge in [-0.15, -0.1) is 13.2 Å². The zero-order chi connectivity index (χ0) is 23.7. The molecule has 10 heteroatoms. The van der Waals surface area contributed by atoms with E-state index in [1.54, 1.807) is 0 Å². The third-order valence-electron chi connectivity index (χ3n) is 5.06. The number of anilines is 1. The second-order valence-corrected chi connectivity index (χ2v) is 7.56. The first-order valence-electron chi connectivity index (χ1n) is 10.6. The van der Waals surface area contributed by atoms with E-state index >= 15 is 0 Å². The van der Waals surface area contributed by atoms with Gasteiger partial charge in [-0.1, -0.05) is 30.3 Å². The average Bonchev–Trinajstić information content (AvgIpc) is 2.80. The number of alkyl halides is 3. The molecule has 1 heterocycles. The molecule has 1 unspecified atom stereocenters. The maximum absolute atomic E-state index is 12.2. The van der Waals surface area contributed by atoms with Gasteiger partial charge >= 0.3 is 18.2 Å². The molecule has 0 bridgehead atoms. The SMILES string of the molecule is O=C(NCCCCN1CCOC(c2ccccc2)C1)C(=O)Nc1ccc(OC(F)(F)F)cc1. The smallest absolute Gasteiger partial charge is 0.406 e. The van der Waals surface area contributed by atoms with Crippen LogP contribution < -0.4 is 15.4 Å². The van der Waals surface area contributed by atoms with Crippen LogP contribution in [-0.4, -0.2) is 55.9 Å². The molecule has 2 amide bonds. The van der Waals surface area contributed by atoms with Crippen LogP contribution in [0.1, 0.15) is 24.5 Å². The quantitative estimate of drug-likeness (QED) is 0.461. The highest BCUT2D eigenvalue weighted by atomic mass is 19.4. The minimum Gasteiger partial charge on any atom is -0.406 e. The monoisotopic (exact) mass is 465 g/mol. The number of morpholine rings is 1. The number of carbonyl (C=O) groups excluding carboxylic acids is 2. The van der Waals surface area contributed by atoms with Crippen LogP contribution in [0.4, 0.5) is 18.9 Å². The zero-order valence-corrected chi connectivity index (χ0v) is 17.9. The summed E-state index contributed by atoms with van der Waals surface area (Å²) in [7, 11) is 0. The maximum atomic E-state index is 12.2. The van der Waals surface area contributed by atoms with E-state index in [1.807, 2.05) is 18.2 Å². The van der Waals surface area contributed by atoms with Crippen LogP contribution in [0.5, 0.6) is 5.75 Å². The second kappa shape index (κ2) is 11.7. The molecule has 1 fully saturated rings. The molecular weight excluding hydrogens is 439 g/mol. The van der Waals surface area contributed by atoms with Crippen LogP contribution in [0.2, 0.25) is 0 Å². The Morgan fingerprint density at radius 1 is 1.03 bits per heavy atom. The van der Waals surface area contributed by atoms with Crippen LogP contribution in [0.3, 0.4) is 0 Å². The summed E-state index contributed by atoms with van der Waals surface area (Å²) in [5.74, 6) is -2.11. The number of hydrogen-bond acceptors (Lipinski definition) is 5. The predicted octanol–water partition coefficient (Wildman–Crippen LogP) is 3.49. The van der Waals surface area contributed by atoms with Crippen molar-refractivity contribution in [3.8, 4) is 5.75 Å². The van der Waals surface area contributed by atoms with Gasteiger partial charge in [-0.2, -0.15) is 0 Å². The Labute approximate surface area is 189 Å². The van der Waals surface area contributed by atoms with Gasteiger partial charge < -0.3 is 20.1 Å². The summed E-state index contributed by atoms with van der Waals surface area (Å²) in [6, 6.07) is 14.6. The number of ether oxygens (including phenoxy) is 2. The fourth-order valence-electron chi connectivity index (χ4n) is 3.45. The summed E-state index contributed by atoms with van der Waals surface area (Å²) in [5, 5.41) is 4.88. The highest BCUT2D eigenvalue weighted by molar-refractivity contribution is 6.39. The zero-order valence-electron chi connectivity index (χ0n) is 17.9. The van der Waals surface area contributed by atoms with E-state index in [0.29, 0.717) is 19.6 Å². The number of nitrogens with zero attached hydrogens (tertiary/aromatic N) is 1. The van der Waals surface area contributed by atoms with Crippen molar-refractivity contribution in [3.05, 3.63) is 60.2 Å². The van der Waals surface area contributed by atoms with Gasteiger partial charge in [0.05, 0.1) is 12.7 Å². The van der Waals surface area contributed by atoms with Gasteiger partial charge in [0.25, 0.3) is 0 Å².